The molecule has 0 aliphatic carbocycles. The van der Waals surface area contributed by atoms with Crippen LogP contribution in [0.2, 0.25) is 0 Å². The maximum Gasteiger partial charge on any atom is 0.222 e. The summed E-state index contributed by atoms with van der Waals surface area (Å²) >= 11 is 0. The molecule has 0 unspecified atom stereocenters. The number of amides is 1. The van der Waals surface area contributed by atoms with E-state index in [2.05, 4.69) is 26.7 Å². The van der Waals surface area contributed by atoms with E-state index in [4.69, 9.17) is 4.98 Å². The first-order valence-corrected chi connectivity index (χ1v) is 10.8. The largest absolute Gasteiger partial charge is 0.356 e. The quantitative estimate of drug-likeness (QED) is 0.777. The van der Waals surface area contributed by atoms with Gasteiger partial charge in [0.25, 0.3) is 0 Å². The van der Waals surface area contributed by atoms with Crippen molar-refractivity contribution in [2.24, 2.45) is 5.41 Å². The molecule has 154 valence electrons. The van der Waals surface area contributed by atoms with Crippen LogP contribution in [0.5, 0.6) is 0 Å². The standard InChI is InChI=1S/C23H31N5O/c1-3-4-20-15-25-18(2)26-22(20)27-13-9-23(10-14-27)8-5-21(29)28(17-23)16-19-6-11-24-12-7-19/h6-7,11-12,15H,3-5,8-10,13-14,16-17H2,1-2H3. The summed E-state index contributed by atoms with van der Waals surface area (Å²) in [6, 6.07) is 4.01. The number of nitrogens with zero attached hydrogens (tertiary/aromatic N) is 5. The van der Waals surface area contributed by atoms with Crippen LogP contribution >= 0.6 is 0 Å². The molecule has 0 N–H and O–H groups in total. The summed E-state index contributed by atoms with van der Waals surface area (Å²) in [5.41, 5.74) is 2.65. The molecule has 6 heteroatoms. The molecule has 2 aromatic rings. The van der Waals surface area contributed by atoms with Gasteiger partial charge in [-0.2, -0.15) is 0 Å². The van der Waals surface area contributed by atoms with E-state index in [1.54, 1.807) is 12.4 Å². The lowest BCUT2D eigenvalue weighted by Gasteiger charge is -2.48. The fourth-order valence-electron chi connectivity index (χ4n) is 4.76. The molecule has 2 aliphatic rings. The van der Waals surface area contributed by atoms with Crippen LogP contribution in [0.25, 0.3) is 0 Å². The molecule has 29 heavy (non-hydrogen) atoms. The molecule has 1 amide bonds. The minimum atomic E-state index is 0.241. The van der Waals surface area contributed by atoms with Crippen molar-refractivity contribution >= 4 is 11.7 Å². The third-order valence-electron chi connectivity index (χ3n) is 6.48. The van der Waals surface area contributed by atoms with Gasteiger partial charge < -0.3 is 9.80 Å². The van der Waals surface area contributed by atoms with E-state index in [0.29, 0.717) is 13.0 Å². The maximum absolute atomic E-state index is 12.5. The first-order valence-electron chi connectivity index (χ1n) is 10.8. The molecule has 0 atom stereocenters. The molecule has 0 radical (unpaired) electrons. The van der Waals surface area contributed by atoms with Gasteiger partial charge in [0, 0.05) is 56.8 Å². The molecule has 2 aromatic heterocycles. The summed E-state index contributed by atoms with van der Waals surface area (Å²) in [7, 11) is 0. The molecule has 2 aliphatic heterocycles. The van der Waals surface area contributed by atoms with Gasteiger partial charge in [0.05, 0.1) is 0 Å². The molecule has 2 saturated heterocycles. The van der Waals surface area contributed by atoms with Crippen molar-refractivity contribution in [2.75, 3.05) is 24.5 Å². The van der Waals surface area contributed by atoms with E-state index in [-0.39, 0.29) is 11.3 Å². The van der Waals surface area contributed by atoms with Gasteiger partial charge in [0.15, 0.2) is 0 Å². The Morgan fingerprint density at radius 3 is 2.62 bits per heavy atom. The monoisotopic (exact) mass is 393 g/mol. The number of carbonyl (C=O) groups excluding carboxylic acids is 1. The van der Waals surface area contributed by atoms with Crippen LogP contribution in [0, 0.1) is 12.3 Å². The Kier molecular flexibility index (Phi) is 5.79. The summed E-state index contributed by atoms with van der Waals surface area (Å²) in [5.74, 6) is 2.24. The molecular weight excluding hydrogens is 362 g/mol. The van der Waals surface area contributed by atoms with Crippen LogP contribution in [-0.2, 0) is 17.8 Å². The molecular formula is C23H31N5O. The fourth-order valence-corrected chi connectivity index (χ4v) is 4.76. The highest BCUT2D eigenvalue weighted by molar-refractivity contribution is 5.77. The number of pyridine rings is 1. The van der Waals surface area contributed by atoms with E-state index < -0.39 is 0 Å². The van der Waals surface area contributed by atoms with E-state index >= 15 is 0 Å². The summed E-state index contributed by atoms with van der Waals surface area (Å²) in [4.78, 5) is 30.3. The van der Waals surface area contributed by atoms with Crippen molar-refractivity contribution in [3.63, 3.8) is 0 Å². The first-order chi connectivity index (χ1) is 14.1. The van der Waals surface area contributed by atoms with Gasteiger partial charge in [0.1, 0.15) is 11.6 Å². The van der Waals surface area contributed by atoms with Gasteiger partial charge in [-0.3, -0.25) is 9.78 Å². The molecule has 0 aromatic carbocycles. The number of likely N-dealkylation sites (tertiary alicyclic amines) is 1. The van der Waals surface area contributed by atoms with E-state index in [1.165, 1.54) is 5.56 Å². The van der Waals surface area contributed by atoms with Crippen molar-refractivity contribution in [1.29, 1.82) is 0 Å². The number of hydrogen-bond acceptors (Lipinski definition) is 5. The maximum atomic E-state index is 12.5. The average molecular weight is 394 g/mol. The van der Waals surface area contributed by atoms with Gasteiger partial charge in [0.2, 0.25) is 5.91 Å². The van der Waals surface area contributed by atoms with Gasteiger partial charge in [-0.1, -0.05) is 13.3 Å². The van der Waals surface area contributed by atoms with Crippen LogP contribution in [0.4, 0.5) is 5.82 Å². The topological polar surface area (TPSA) is 62.2 Å². The zero-order chi connectivity index (χ0) is 20.3. The van der Waals surface area contributed by atoms with Crippen LogP contribution in [0.3, 0.4) is 0 Å². The molecule has 6 nitrogen and oxygen atoms in total. The van der Waals surface area contributed by atoms with Gasteiger partial charge in [-0.25, -0.2) is 9.97 Å². The molecule has 0 bridgehead atoms. The fraction of sp³-hybridized carbons (Fsp3) is 0.565. The lowest BCUT2D eigenvalue weighted by molar-refractivity contribution is -0.139. The Balaban J connectivity index is 1.44. The van der Waals surface area contributed by atoms with Crippen molar-refractivity contribution in [3.05, 3.63) is 47.7 Å². The summed E-state index contributed by atoms with van der Waals surface area (Å²) < 4.78 is 0. The second kappa shape index (κ2) is 8.47. The zero-order valence-corrected chi connectivity index (χ0v) is 17.6. The van der Waals surface area contributed by atoms with Crippen LogP contribution in [0.15, 0.2) is 30.7 Å². The number of hydrogen-bond donors (Lipinski definition) is 0. The number of anilines is 1. The molecule has 2 fully saturated rings. The average Bonchev–Trinajstić information content (AvgIpc) is 2.74. The van der Waals surface area contributed by atoms with Gasteiger partial charge in [-0.15, -0.1) is 0 Å². The summed E-state index contributed by atoms with van der Waals surface area (Å²) in [6.07, 6.45) is 11.6. The van der Waals surface area contributed by atoms with Crippen LogP contribution < -0.4 is 4.90 Å². The first kappa shape index (κ1) is 19.8. The number of piperidine rings is 2. The molecule has 0 saturated carbocycles. The van der Waals surface area contributed by atoms with Crippen LogP contribution in [0.1, 0.15) is 56.0 Å². The minimum absolute atomic E-state index is 0.241. The Morgan fingerprint density at radius 2 is 1.90 bits per heavy atom. The highest BCUT2D eigenvalue weighted by Crippen LogP contribution is 2.41. The van der Waals surface area contributed by atoms with Crippen molar-refractivity contribution in [3.8, 4) is 0 Å². The predicted octanol–water partition coefficient (Wildman–Crippen LogP) is 3.54. The molecule has 4 rings (SSSR count). The number of carbonyl (C=O) groups is 1. The lowest BCUT2D eigenvalue weighted by Crippen LogP contribution is -2.51. The van der Waals surface area contributed by atoms with Gasteiger partial charge in [-0.05, 0) is 55.7 Å². The number of aromatic nitrogens is 3. The van der Waals surface area contributed by atoms with Crippen molar-refractivity contribution < 1.29 is 4.79 Å². The third kappa shape index (κ3) is 4.41. The molecule has 4 heterocycles. The highest BCUT2D eigenvalue weighted by Gasteiger charge is 2.41. The third-order valence-corrected chi connectivity index (χ3v) is 6.48. The van der Waals surface area contributed by atoms with Crippen molar-refractivity contribution in [1.82, 2.24) is 19.9 Å². The number of aryl methyl sites for hydroxylation is 2. The summed E-state index contributed by atoms with van der Waals surface area (Å²) in [6.45, 7) is 7.74. The Bertz CT molecular complexity index is 846. The lowest BCUT2D eigenvalue weighted by atomic mass is 9.72. The van der Waals surface area contributed by atoms with Crippen LogP contribution in [-0.4, -0.2) is 45.4 Å². The second-order valence-corrected chi connectivity index (χ2v) is 8.61. The predicted molar refractivity (Wildman–Crippen MR) is 114 cm³/mol. The normalized spacial score (nSPS) is 19.0. The minimum Gasteiger partial charge on any atom is -0.356 e. The zero-order valence-electron chi connectivity index (χ0n) is 17.6. The highest BCUT2D eigenvalue weighted by atomic mass is 16.2. The van der Waals surface area contributed by atoms with E-state index in [1.807, 2.05) is 25.3 Å². The molecule has 1 spiro atoms. The van der Waals surface area contributed by atoms with E-state index in [9.17, 15) is 4.79 Å². The van der Waals surface area contributed by atoms with Gasteiger partial charge >= 0.3 is 0 Å². The number of rotatable bonds is 5. The smallest absolute Gasteiger partial charge is 0.222 e. The SMILES string of the molecule is CCCc1cnc(C)nc1N1CCC2(CCC(=O)N(Cc3ccncc3)C2)CC1. The van der Waals surface area contributed by atoms with E-state index in [0.717, 1.165) is 68.9 Å². The second-order valence-electron chi connectivity index (χ2n) is 8.61. The Morgan fingerprint density at radius 1 is 1.14 bits per heavy atom. The summed E-state index contributed by atoms with van der Waals surface area (Å²) in [5, 5.41) is 0. The Labute approximate surface area is 173 Å². The Hall–Kier alpha value is -2.50. The van der Waals surface area contributed by atoms with Crippen molar-refractivity contribution in [2.45, 2.75) is 58.9 Å².